The third-order valence-corrected chi connectivity index (χ3v) is 6.25. The fourth-order valence-corrected chi connectivity index (χ4v) is 4.40. The van der Waals surface area contributed by atoms with Gasteiger partial charge in [0.2, 0.25) is 5.91 Å². The van der Waals surface area contributed by atoms with Crippen LogP contribution in [0.15, 0.2) is 53.4 Å². The summed E-state index contributed by atoms with van der Waals surface area (Å²) in [7, 11) is -3.91. The Hall–Kier alpha value is -2.54. The van der Waals surface area contributed by atoms with Gasteiger partial charge in [-0.05, 0) is 63.6 Å². The van der Waals surface area contributed by atoms with Crippen molar-refractivity contribution in [3.63, 3.8) is 0 Å². The van der Waals surface area contributed by atoms with Crippen LogP contribution in [0.25, 0.3) is 0 Å². The zero-order chi connectivity index (χ0) is 21.4. The van der Waals surface area contributed by atoms with Crippen molar-refractivity contribution in [3.8, 4) is 5.75 Å². The molecule has 1 N–H and O–H groups in total. The Labute approximate surface area is 173 Å². The molecule has 0 radical (unpaired) electrons. The minimum Gasteiger partial charge on any atom is -0.494 e. The van der Waals surface area contributed by atoms with E-state index >= 15 is 0 Å². The number of carbonyl (C=O) groups excluding carboxylic acids is 1. The molecule has 0 saturated heterocycles. The summed E-state index contributed by atoms with van der Waals surface area (Å²) in [5.41, 5.74) is 1.37. The summed E-state index contributed by atoms with van der Waals surface area (Å²) in [6.07, 6.45) is 1.77. The summed E-state index contributed by atoms with van der Waals surface area (Å²) < 4.78 is 33.2. The van der Waals surface area contributed by atoms with Gasteiger partial charge in [0, 0.05) is 6.04 Å². The Morgan fingerprint density at radius 3 is 2.24 bits per heavy atom. The molecule has 1 amide bonds. The minimum absolute atomic E-state index is 0.0169. The summed E-state index contributed by atoms with van der Waals surface area (Å²) in [5.74, 6) is 0.306. The Bertz CT molecular complexity index is 893. The van der Waals surface area contributed by atoms with Crippen LogP contribution in [0.2, 0.25) is 0 Å². The van der Waals surface area contributed by atoms with Crippen LogP contribution in [0.4, 0.5) is 5.69 Å². The summed E-state index contributed by atoms with van der Waals surface area (Å²) in [6.45, 7) is 7.95. The van der Waals surface area contributed by atoms with Gasteiger partial charge in [0.05, 0.1) is 17.2 Å². The first-order valence-corrected chi connectivity index (χ1v) is 11.3. The number of rotatable bonds is 10. The van der Waals surface area contributed by atoms with E-state index < -0.39 is 10.0 Å². The third-order valence-electron chi connectivity index (χ3n) is 4.46. The van der Waals surface area contributed by atoms with Gasteiger partial charge in [0.1, 0.15) is 12.3 Å². The lowest BCUT2D eigenvalue weighted by Crippen LogP contribution is -2.43. The van der Waals surface area contributed by atoms with Crippen LogP contribution in [0, 0.1) is 6.92 Å². The molecule has 2 aromatic rings. The highest BCUT2D eigenvalue weighted by atomic mass is 32.2. The molecule has 0 aliphatic heterocycles. The van der Waals surface area contributed by atoms with Crippen LogP contribution in [-0.4, -0.2) is 33.5 Å². The van der Waals surface area contributed by atoms with E-state index in [9.17, 15) is 13.2 Å². The lowest BCUT2D eigenvalue weighted by Gasteiger charge is -2.25. The zero-order valence-electron chi connectivity index (χ0n) is 17.5. The fraction of sp³-hybridized carbons (Fsp3) is 0.409. The van der Waals surface area contributed by atoms with Crippen molar-refractivity contribution in [2.24, 2.45) is 0 Å². The van der Waals surface area contributed by atoms with E-state index in [1.54, 1.807) is 48.5 Å². The Morgan fingerprint density at radius 2 is 1.69 bits per heavy atom. The smallest absolute Gasteiger partial charge is 0.264 e. The molecule has 0 saturated carbocycles. The summed E-state index contributed by atoms with van der Waals surface area (Å²) in [5, 5.41) is 2.88. The van der Waals surface area contributed by atoms with Gasteiger partial charge in [-0.2, -0.15) is 0 Å². The minimum atomic E-state index is -3.91. The van der Waals surface area contributed by atoms with Crippen molar-refractivity contribution in [1.82, 2.24) is 5.32 Å². The van der Waals surface area contributed by atoms with E-state index in [0.717, 1.165) is 22.7 Å². The molecule has 0 spiro atoms. The fourth-order valence-electron chi connectivity index (χ4n) is 2.98. The van der Waals surface area contributed by atoms with Crippen LogP contribution >= 0.6 is 0 Å². The standard InChI is InChI=1S/C22H30N2O4S/c1-5-7-18(4)23-22(25)16-24(19-10-12-20(13-11-19)28-6-2)29(26,27)21-14-8-17(3)9-15-21/h8-15,18H,5-7,16H2,1-4H3,(H,23,25)/t18-/m1/s1. The number of hydrogen-bond donors (Lipinski definition) is 1. The van der Waals surface area contributed by atoms with Gasteiger partial charge >= 0.3 is 0 Å². The molecular formula is C22H30N2O4S. The van der Waals surface area contributed by atoms with Gasteiger partial charge in [-0.1, -0.05) is 31.0 Å². The molecule has 2 aromatic carbocycles. The molecule has 0 aliphatic carbocycles. The topological polar surface area (TPSA) is 75.7 Å². The number of carbonyl (C=O) groups is 1. The van der Waals surface area contributed by atoms with Crippen molar-refractivity contribution in [3.05, 3.63) is 54.1 Å². The van der Waals surface area contributed by atoms with Crippen LogP contribution in [0.1, 0.15) is 39.2 Å². The maximum atomic E-state index is 13.3. The molecule has 0 heterocycles. The number of sulfonamides is 1. The summed E-state index contributed by atoms with van der Waals surface area (Å²) in [4.78, 5) is 12.7. The summed E-state index contributed by atoms with van der Waals surface area (Å²) in [6, 6.07) is 13.3. The Morgan fingerprint density at radius 1 is 1.07 bits per heavy atom. The van der Waals surface area contributed by atoms with Crippen LogP contribution in [-0.2, 0) is 14.8 Å². The quantitative estimate of drug-likeness (QED) is 0.635. The lowest BCUT2D eigenvalue weighted by atomic mass is 10.2. The number of ether oxygens (including phenoxy) is 1. The highest BCUT2D eigenvalue weighted by Crippen LogP contribution is 2.26. The maximum absolute atomic E-state index is 13.3. The Kier molecular flexibility index (Phi) is 8.08. The highest BCUT2D eigenvalue weighted by Gasteiger charge is 2.27. The van der Waals surface area contributed by atoms with E-state index in [1.807, 2.05) is 27.7 Å². The maximum Gasteiger partial charge on any atom is 0.264 e. The molecule has 0 aliphatic rings. The number of benzene rings is 2. The van der Waals surface area contributed by atoms with Gasteiger partial charge in [0.15, 0.2) is 0 Å². The second-order valence-corrected chi connectivity index (χ2v) is 8.87. The highest BCUT2D eigenvalue weighted by molar-refractivity contribution is 7.92. The van der Waals surface area contributed by atoms with Crippen molar-refractivity contribution in [1.29, 1.82) is 0 Å². The zero-order valence-corrected chi connectivity index (χ0v) is 18.3. The van der Waals surface area contributed by atoms with Gasteiger partial charge in [-0.15, -0.1) is 0 Å². The molecule has 0 bridgehead atoms. The third kappa shape index (κ3) is 6.22. The first-order valence-electron chi connectivity index (χ1n) is 9.89. The van der Waals surface area contributed by atoms with Crippen molar-refractivity contribution >= 4 is 21.6 Å². The van der Waals surface area contributed by atoms with Gasteiger partial charge in [-0.25, -0.2) is 8.42 Å². The van der Waals surface area contributed by atoms with Gasteiger partial charge in [0.25, 0.3) is 10.0 Å². The molecular weight excluding hydrogens is 388 g/mol. The molecule has 0 aromatic heterocycles. The first kappa shape index (κ1) is 22.7. The van der Waals surface area contributed by atoms with Gasteiger partial charge < -0.3 is 10.1 Å². The lowest BCUT2D eigenvalue weighted by molar-refractivity contribution is -0.120. The number of anilines is 1. The number of hydrogen-bond acceptors (Lipinski definition) is 4. The number of nitrogens with zero attached hydrogens (tertiary/aromatic N) is 1. The molecule has 6 nitrogen and oxygen atoms in total. The molecule has 29 heavy (non-hydrogen) atoms. The van der Waals surface area contributed by atoms with Crippen LogP contribution in [0.3, 0.4) is 0 Å². The van der Waals surface area contributed by atoms with E-state index in [4.69, 9.17) is 4.74 Å². The second kappa shape index (κ2) is 10.3. The average Bonchev–Trinajstić information content (AvgIpc) is 2.67. The van der Waals surface area contributed by atoms with E-state index in [1.165, 1.54) is 0 Å². The molecule has 158 valence electrons. The van der Waals surface area contributed by atoms with E-state index in [-0.39, 0.29) is 23.4 Å². The van der Waals surface area contributed by atoms with Crippen molar-refractivity contribution in [2.75, 3.05) is 17.5 Å². The predicted octanol–water partition coefficient (Wildman–Crippen LogP) is 3.89. The van der Waals surface area contributed by atoms with E-state index in [0.29, 0.717) is 18.0 Å². The van der Waals surface area contributed by atoms with Crippen LogP contribution in [0.5, 0.6) is 5.75 Å². The largest absolute Gasteiger partial charge is 0.494 e. The summed E-state index contributed by atoms with van der Waals surface area (Å²) >= 11 is 0. The van der Waals surface area contributed by atoms with Crippen LogP contribution < -0.4 is 14.4 Å². The molecule has 0 fully saturated rings. The second-order valence-electron chi connectivity index (χ2n) is 7.01. The Balaban J connectivity index is 2.36. The monoisotopic (exact) mass is 418 g/mol. The number of amides is 1. The molecule has 7 heteroatoms. The normalized spacial score (nSPS) is 12.3. The van der Waals surface area contributed by atoms with Gasteiger partial charge in [-0.3, -0.25) is 9.10 Å². The van der Waals surface area contributed by atoms with Crippen molar-refractivity contribution in [2.45, 2.75) is 51.5 Å². The predicted molar refractivity (Wildman–Crippen MR) is 116 cm³/mol. The first-order chi connectivity index (χ1) is 13.8. The number of aryl methyl sites for hydroxylation is 1. The van der Waals surface area contributed by atoms with E-state index in [2.05, 4.69) is 5.32 Å². The SMILES string of the molecule is CCC[C@@H](C)NC(=O)CN(c1ccc(OCC)cc1)S(=O)(=O)c1ccc(C)cc1. The molecule has 0 unspecified atom stereocenters. The molecule has 1 atom stereocenters. The average molecular weight is 419 g/mol. The van der Waals surface area contributed by atoms with Crippen molar-refractivity contribution < 1.29 is 17.9 Å². The molecule has 2 rings (SSSR count). The number of nitrogens with one attached hydrogen (secondary N) is 1.